The lowest BCUT2D eigenvalue weighted by molar-refractivity contribution is -0.137. The minimum atomic E-state index is -1.22. The highest BCUT2D eigenvalue weighted by Gasteiger charge is 2.42. The number of aromatic amines is 2. The Morgan fingerprint density at radius 1 is 0.691 bits per heavy atom. The van der Waals surface area contributed by atoms with Crippen LogP contribution in [0.4, 0.5) is 9.59 Å². The number of nitrogens with one attached hydrogen (secondary N) is 4. The Bertz CT molecular complexity index is 2010. The normalized spacial score (nSPS) is 18.5. The Kier molecular flexibility index (Phi) is 11.1. The molecule has 0 saturated carbocycles. The van der Waals surface area contributed by atoms with E-state index in [2.05, 4.69) is 54.8 Å². The number of alkyl carbamates (subject to hydrolysis) is 1. The number of carbonyl (C=O) groups excluding carboxylic acids is 3. The van der Waals surface area contributed by atoms with Crippen molar-refractivity contribution < 1.29 is 29.0 Å². The van der Waals surface area contributed by atoms with Crippen LogP contribution in [0.5, 0.6) is 0 Å². The van der Waals surface area contributed by atoms with Crippen molar-refractivity contribution in [2.24, 2.45) is 10.8 Å². The Balaban J connectivity index is 1.12. The van der Waals surface area contributed by atoms with Crippen LogP contribution in [0.2, 0.25) is 0 Å². The van der Waals surface area contributed by atoms with Gasteiger partial charge in [0.05, 0.1) is 43.0 Å². The second kappa shape index (κ2) is 15.6. The predicted octanol–water partition coefficient (Wildman–Crippen LogP) is 6.91. The molecule has 2 aliphatic rings. The second-order valence-electron chi connectivity index (χ2n) is 16.6. The van der Waals surface area contributed by atoms with E-state index in [0.29, 0.717) is 24.7 Å². The Morgan fingerprint density at radius 3 is 1.44 bits per heavy atom. The Labute approximate surface area is 321 Å². The van der Waals surface area contributed by atoms with E-state index in [-0.39, 0.29) is 23.9 Å². The van der Waals surface area contributed by atoms with E-state index in [1.807, 2.05) is 65.8 Å². The van der Waals surface area contributed by atoms with E-state index in [0.717, 1.165) is 59.3 Å². The molecule has 4 amide bonds. The molecule has 2 aromatic carbocycles. The number of H-pyrrole nitrogens is 2. The van der Waals surface area contributed by atoms with Crippen molar-refractivity contribution in [1.82, 2.24) is 40.4 Å². The maximum Gasteiger partial charge on any atom is 0.407 e. The van der Waals surface area contributed by atoms with Gasteiger partial charge in [-0.3, -0.25) is 9.59 Å². The molecule has 2 aromatic heterocycles. The van der Waals surface area contributed by atoms with Crippen molar-refractivity contribution in [3.05, 3.63) is 72.6 Å². The summed E-state index contributed by atoms with van der Waals surface area (Å²) in [6.45, 7) is 12.4. The van der Waals surface area contributed by atoms with E-state index in [1.54, 1.807) is 22.2 Å². The number of hydrogen-bond donors (Lipinski definition) is 5. The summed E-state index contributed by atoms with van der Waals surface area (Å²) in [5, 5.41) is 14.5. The van der Waals surface area contributed by atoms with Gasteiger partial charge in [-0.2, -0.15) is 0 Å². The van der Waals surface area contributed by atoms with Crippen molar-refractivity contribution in [3.8, 4) is 33.6 Å². The quantitative estimate of drug-likeness (QED) is 0.122. The van der Waals surface area contributed by atoms with Gasteiger partial charge in [-0.25, -0.2) is 19.6 Å². The molecule has 0 spiro atoms. The lowest BCUT2D eigenvalue weighted by Gasteiger charge is -2.35. The lowest BCUT2D eigenvalue weighted by atomic mass is 9.85. The van der Waals surface area contributed by atoms with Gasteiger partial charge < -0.3 is 40.2 Å². The average Bonchev–Trinajstić information content (AvgIpc) is 3.98. The maximum absolute atomic E-state index is 13.7. The molecule has 0 radical (unpaired) electrons. The summed E-state index contributed by atoms with van der Waals surface area (Å²) < 4.78 is 4.79. The van der Waals surface area contributed by atoms with Gasteiger partial charge in [0, 0.05) is 13.1 Å². The van der Waals surface area contributed by atoms with Crippen LogP contribution >= 0.6 is 0 Å². The van der Waals surface area contributed by atoms with E-state index in [4.69, 9.17) is 4.74 Å². The molecule has 0 bridgehead atoms. The van der Waals surface area contributed by atoms with Crippen molar-refractivity contribution in [3.63, 3.8) is 0 Å². The van der Waals surface area contributed by atoms with Crippen LogP contribution in [0.3, 0.4) is 0 Å². The van der Waals surface area contributed by atoms with Gasteiger partial charge in [-0.15, -0.1) is 0 Å². The first kappa shape index (κ1) is 39.0. The number of ether oxygens (including phenoxy) is 1. The second-order valence-corrected chi connectivity index (χ2v) is 16.6. The van der Waals surface area contributed by atoms with Gasteiger partial charge in [-0.1, -0.05) is 90.1 Å². The standard InChI is InChI=1S/C41H52N8O6/c1-40(2,3)32(46-38(52)53)36(50)48-20-8-10-30(48)34-42-22-28(44-34)26-16-12-24(13-17-26)25-14-18-27(19-15-25)29-23-43-35(45-29)31-11-9-21-49(31)37(51)33(41(4,5)6)47-39(54)55-7/h12-19,22-23,30-33,46H,8-11,20-21H2,1-7H3,(H,42,44)(H,43,45)(H,47,54)(H,52,53)/t30-,31-,32+,33+/m0/s1. The van der Waals surface area contributed by atoms with Crippen LogP contribution in [0.1, 0.15) is 91.0 Å². The van der Waals surface area contributed by atoms with E-state index in [9.17, 15) is 24.3 Å². The third kappa shape index (κ3) is 8.53. The summed E-state index contributed by atoms with van der Waals surface area (Å²) in [4.78, 5) is 70.6. The third-order valence-electron chi connectivity index (χ3n) is 10.6. The number of carboxylic acid groups (broad SMARTS) is 1. The van der Waals surface area contributed by atoms with Gasteiger partial charge in [-0.05, 0) is 58.8 Å². The zero-order valence-corrected chi connectivity index (χ0v) is 32.6. The Hall–Kier alpha value is -5.66. The highest BCUT2D eigenvalue weighted by Crippen LogP contribution is 2.36. The summed E-state index contributed by atoms with van der Waals surface area (Å²) in [6.07, 6.45) is 4.87. The summed E-state index contributed by atoms with van der Waals surface area (Å²) in [5.74, 6) is 0.995. The molecule has 292 valence electrons. The van der Waals surface area contributed by atoms with E-state index < -0.39 is 35.1 Å². The van der Waals surface area contributed by atoms with Gasteiger partial charge in [0.25, 0.3) is 0 Å². The van der Waals surface area contributed by atoms with Crippen LogP contribution < -0.4 is 10.6 Å². The molecule has 5 N–H and O–H groups in total. The van der Waals surface area contributed by atoms with Crippen LogP contribution in [-0.4, -0.2) is 91.1 Å². The number of likely N-dealkylation sites (tertiary alicyclic amines) is 2. The van der Waals surface area contributed by atoms with Crippen LogP contribution in [0.15, 0.2) is 60.9 Å². The van der Waals surface area contributed by atoms with Crippen LogP contribution in [0, 0.1) is 10.8 Å². The van der Waals surface area contributed by atoms with Crippen molar-refractivity contribution in [1.29, 1.82) is 0 Å². The number of methoxy groups -OCH3 is 1. The average molecular weight is 753 g/mol. The highest BCUT2D eigenvalue weighted by molar-refractivity contribution is 5.87. The van der Waals surface area contributed by atoms with Crippen LogP contribution in [-0.2, 0) is 14.3 Å². The minimum Gasteiger partial charge on any atom is -0.465 e. The number of imidazole rings is 2. The molecule has 2 aliphatic heterocycles. The molecule has 4 atom stereocenters. The molecular weight excluding hydrogens is 701 g/mol. The van der Waals surface area contributed by atoms with Crippen molar-refractivity contribution in [2.75, 3.05) is 20.2 Å². The zero-order chi connectivity index (χ0) is 39.7. The summed E-state index contributed by atoms with van der Waals surface area (Å²) in [6, 6.07) is 14.3. The fourth-order valence-corrected chi connectivity index (χ4v) is 7.55. The van der Waals surface area contributed by atoms with Gasteiger partial charge >= 0.3 is 12.2 Å². The van der Waals surface area contributed by atoms with Gasteiger partial charge in [0.15, 0.2) is 0 Å². The SMILES string of the molecule is COC(=O)N[C@H](C(=O)N1CCC[C@H]1c1ncc(-c2ccc(-c3ccc(-c4cnc([C@@H]5CCCN5C(=O)[C@@H](NC(=O)O)C(C)(C)C)[nH]4)cc3)cc2)[nH]1)C(C)(C)C. The molecule has 0 unspecified atom stereocenters. The molecule has 6 rings (SSSR count). The number of benzene rings is 2. The Morgan fingerprint density at radius 2 is 1.07 bits per heavy atom. The van der Waals surface area contributed by atoms with Crippen molar-refractivity contribution in [2.45, 2.75) is 91.4 Å². The predicted molar refractivity (Wildman–Crippen MR) is 208 cm³/mol. The number of hydrogen-bond acceptors (Lipinski definition) is 7. The van der Waals surface area contributed by atoms with Gasteiger partial charge in [0.2, 0.25) is 11.8 Å². The maximum atomic E-state index is 13.7. The molecule has 14 nitrogen and oxygen atoms in total. The molecular formula is C41H52N8O6. The van der Waals surface area contributed by atoms with E-state index in [1.165, 1.54) is 7.11 Å². The molecule has 2 saturated heterocycles. The third-order valence-corrected chi connectivity index (χ3v) is 10.6. The number of carbonyl (C=O) groups is 4. The molecule has 55 heavy (non-hydrogen) atoms. The molecule has 2 fully saturated rings. The first-order valence-electron chi connectivity index (χ1n) is 18.8. The summed E-state index contributed by atoms with van der Waals surface area (Å²) in [7, 11) is 1.29. The number of nitrogens with zero attached hydrogens (tertiary/aromatic N) is 4. The zero-order valence-electron chi connectivity index (χ0n) is 32.6. The molecule has 4 heterocycles. The first-order valence-corrected chi connectivity index (χ1v) is 18.8. The monoisotopic (exact) mass is 752 g/mol. The van der Waals surface area contributed by atoms with Crippen molar-refractivity contribution >= 4 is 24.0 Å². The van der Waals surface area contributed by atoms with Crippen LogP contribution in [0.25, 0.3) is 33.6 Å². The van der Waals surface area contributed by atoms with Gasteiger partial charge in [0.1, 0.15) is 23.7 Å². The molecule has 4 aromatic rings. The fraction of sp³-hybridized carbons (Fsp3) is 0.463. The molecule has 0 aliphatic carbocycles. The highest BCUT2D eigenvalue weighted by atomic mass is 16.5. The fourth-order valence-electron chi connectivity index (χ4n) is 7.55. The number of aromatic nitrogens is 4. The lowest BCUT2D eigenvalue weighted by Crippen LogP contribution is -2.54. The smallest absolute Gasteiger partial charge is 0.407 e. The number of rotatable bonds is 9. The number of amides is 4. The summed E-state index contributed by atoms with van der Waals surface area (Å²) >= 11 is 0. The molecule has 14 heteroatoms. The van der Waals surface area contributed by atoms with E-state index >= 15 is 0 Å². The topological polar surface area (TPSA) is 186 Å². The summed E-state index contributed by atoms with van der Waals surface area (Å²) in [5.41, 5.74) is 4.58. The first-order chi connectivity index (χ1) is 26.0. The minimum absolute atomic E-state index is 0.157. The largest absolute Gasteiger partial charge is 0.465 e.